The quantitative estimate of drug-likeness (QED) is 0.499. The van der Waals surface area contributed by atoms with Crippen molar-refractivity contribution in [2.45, 2.75) is 13.5 Å². The second kappa shape index (κ2) is 8.80. The molecule has 0 fully saturated rings. The van der Waals surface area contributed by atoms with Gasteiger partial charge in [-0.3, -0.25) is 4.79 Å². The molecule has 2 aromatic carbocycles. The Kier molecular flexibility index (Phi) is 6.00. The Morgan fingerprint density at radius 2 is 1.90 bits per heavy atom. The SMILES string of the molecule is Cc1cc(NC(=O)/C(C#N)=C/c2ccc(OC(F)F)cc2)n(-c2ccccc2)n1. The number of ether oxygens (including phenoxy) is 1. The molecule has 29 heavy (non-hydrogen) atoms. The molecule has 1 aromatic heterocycles. The van der Waals surface area contributed by atoms with Crippen LogP contribution >= 0.6 is 0 Å². The van der Waals surface area contributed by atoms with E-state index in [0.29, 0.717) is 17.1 Å². The fraction of sp³-hybridized carbons (Fsp3) is 0.0952. The molecule has 0 aliphatic heterocycles. The summed E-state index contributed by atoms with van der Waals surface area (Å²) < 4.78 is 30.3. The maximum absolute atomic E-state index is 12.6. The van der Waals surface area contributed by atoms with Crippen LogP contribution in [-0.4, -0.2) is 22.3 Å². The molecule has 0 saturated heterocycles. The van der Waals surface area contributed by atoms with Crippen molar-refractivity contribution in [1.29, 1.82) is 5.26 Å². The number of aromatic nitrogens is 2. The van der Waals surface area contributed by atoms with Crippen LogP contribution in [0.5, 0.6) is 5.75 Å². The molecular formula is C21H16F2N4O2. The van der Waals surface area contributed by atoms with Gasteiger partial charge in [0, 0.05) is 6.07 Å². The molecule has 1 amide bonds. The Morgan fingerprint density at radius 3 is 2.52 bits per heavy atom. The van der Waals surface area contributed by atoms with E-state index in [1.54, 1.807) is 17.7 Å². The molecule has 0 saturated carbocycles. The zero-order valence-corrected chi connectivity index (χ0v) is 15.3. The van der Waals surface area contributed by atoms with E-state index in [2.05, 4.69) is 15.2 Å². The van der Waals surface area contributed by atoms with Crippen molar-refractivity contribution in [3.63, 3.8) is 0 Å². The number of nitrogens with one attached hydrogen (secondary N) is 1. The fourth-order valence-corrected chi connectivity index (χ4v) is 2.60. The van der Waals surface area contributed by atoms with E-state index in [1.807, 2.05) is 36.4 Å². The average Bonchev–Trinajstić information content (AvgIpc) is 3.07. The van der Waals surface area contributed by atoms with E-state index in [0.717, 1.165) is 5.69 Å². The molecule has 0 aliphatic carbocycles. The lowest BCUT2D eigenvalue weighted by Gasteiger charge is -2.08. The first-order valence-electron chi connectivity index (χ1n) is 8.56. The first-order chi connectivity index (χ1) is 14.0. The lowest BCUT2D eigenvalue weighted by atomic mass is 10.1. The molecule has 8 heteroatoms. The van der Waals surface area contributed by atoms with E-state index in [-0.39, 0.29) is 11.3 Å². The Hall–Kier alpha value is -3.99. The predicted molar refractivity (Wildman–Crippen MR) is 104 cm³/mol. The largest absolute Gasteiger partial charge is 0.435 e. The van der Waals surface area contributed by atoms with Crippen LogP contribution in [0.15, 0.2) is 66.2 Å². The second-order valence-corrected chi connectivity index (χ2v) is 5.99. The van der Waals surface area contributed by atoms with E-state index in [1.165, 1.54) is 30.3 Å². The topological polar surface area (TPSA) is 79.9 Å². The summed E-state index contributed by atoms with van der Waals surface area (Å²) in [5.41, 5.74) is 1.80. The lowest BCUT2D eigenvalue weighted by molar-refractivity contribution is -0.112. The molecule has 0 unspecified atom stereocenters. The summed E-state index contributed by atoms with van der Waals surface area (Å²) >= 11 is 0. The summed E-state index contributed by atoms with van der Waals surface area (Å²) in [5, 5.41) is 16.4. The van der Waals surface area contributed by atoms with Crippen molar-refractivity contribution in [2.24, 2.45) is 0 Å². The Balaban J connectivity index is 1.81. The lowest BCUT2D eigenvalue weighted by Crippen LogP contribution is -2.16. The number of hydrogen-bond acceptors (Lipinski definition) is 4. The maximum Gasteiger partial charge on any atom is 0.387 e. The van der Waals surface area contributed by atoms with Gasteiger partial charge in [-0.05, 0) is 42.8 Å². The number of carbonyl (C=O) groups is 1. The number of halogens is 2. The van der Waals surface area contributed by atoms with Gasteiger partial charge in [-0.25, -0.2) is 4.68 Å². The van der Waals surface area contributed by atoms with Crippen molar-refractivity contribution < 1.29 is 18.3 Å². The van der Waals surface area contributed by atoms with Gasteiger partial charge in [0.05, 0.1) is 11.4 Å². The number of para-hydroxylation sites is 1. The normalized spacial score (nSPS) is 11.2. The highest BCUT2D eigenvalue weighted by Crippen LogP contribution is 2.19. The van der Waals surface area contributed by atoms with E-state index >= 15 is 0 Å². The van der Waals surface area contributed by atoms with Crippen LogP contribution in [0, 0.1) is 18.3 Å². The van der Waals surface area contributed by atoms with Gasteiger partial charge < -0.3 is 10.1 Å². The predicted octanol–water partition coefficient (Wildman–Crippen LogP) is 4.33. The third-order valence-corrected chi connectivity index (χ3v) is 3.86. The molecule has 3 aromatic rings. The summed E-state index contributed by atoms with van der Waals surface area (Å²) in [6.07, 6.45) is 1.36. The summed E-state index contributed by atoms with van der Waals surface area (Å²) in [5.74, 6) is -0.208. The number of amides is 1. The van der Waals surface area contributed by atoms with Crippen molar-refractivity contribution >= 4 is 17.8 Å². The highest BCUT2D eigenvalue weighted by atomic mass is 19.3. The number of carbonyl (C=O) groups excluding carboxylic acids is 1. The number of nitrogens with zero attached hydrogens (tertiary/aromatic N) is 3. The summed E-state index contributed by atoms with van der Waals surface area (Å²) in [6, 6.07) is 18.4. The number of hydrogen-bond donors (Lipinski definition) is 1. The molecule has 3 rings (SSSR count). The molecule has 146 valence electrons. The van der Waals surface area contributed by atoms with Crippen molar-refractivity contribution in [2.75, 3.05) is 5.32 Å². The summed E-state index contributed by atoms with van der Waals surface area (Å²) in [6.45, 7) is -1.13. The number of benzene rings is 2. The van der Waals surface area contributed by atoms with E-state index in [4.69, 9.17) is 0 Å². The third kappa shape index (κ3) is 5.05. The first-order valence-corrected chi connectivity index (χ1v) is 8.56. The van der Waals surface area contributed by atoms with Crippen LogP contribution in [0.25, 0.3) is 11.8 Å². The first kappa shape index (κ1) is 19.8. The molecule has 0 atom stereocenters. The molecular weight excluding hydrogens is 378 g/mol. The second-order valence-electron chi connectivity index (χ2n) is 5.99. The summed E-state index contributed by atoms with van der Waals surface area (Å²) in [4.78, 5) is 12.6. The van der Waals surface area contributed by atoms with Gasteiger partial charge in [0.1, 0.15) is 23.2 Å². The van der Waals surface area contributed by atoms with E-state index in [9.17, 15) is 18.8 Å². The van der Waals surface area contributed by atoms with E-state index < -0.39 is 12.5 Å². The highest BCUT2D eigenvalue weighted by Gasteiger charge is 2.14. The number of alkyl halides is 2. The summed E-state index contributed by atoms with van der Waals surface area (Å²) in [7, 11) is 0. The van der Waals surface area contributed by atoms with Crippen molar-refractivity contribution in [1.82, 2.24) is 9.78 Å². The molecule has 0 aliphatic rings. The minimum Gasteiger partial charge on any atom is -0.435 e. The molecule has 6 nitrogen and oxygen atoms in total. The van der Waals surface area contributed by atoms with Crippen LogP contribution in [0.4, 0.5) is 14.6 Å². The van der Waals surface area contributed by atoms with Gasteiger partial charge in [0.15, 0.2) is 0 Å². The van der Waals surface area contributed by atoms with Crippen LogP contribution < -0.4 is 10.1 Å². The standard InChI is InChI=1S/C21H16F2N4O2/c1-14-11-19(27(26-14)17-5-3-2-4-6-17)25-20(28)16(13-24)12-15-7-9-18(10-8-15)29-21(22)23/h2-12,21H,1H3,(H,25,28)/b16-12+. The monoisotopic (exact) mass is 394 g/mol. The minimum absolute atomic E-state index is 0.0117. The molecule has 0 radical (unpaired) electrons. The Bertz CT molecular complexity index is 1070. The molecule has 0 bridgehead atoms. The van der Waals surface area contributed by atoms with Gasteiger partial charge >= 0.3 is 6.61 Å². The third-order valence-electron chi connectivity index (χ3n) is 3.86. The Morgan fingerprint density at radius 1 is 1.21 bits per heavy atom. The average molecular weight is 394 g/mol. The van der Waals surface area contributed by atoms with Crippen molar-refractivity contribution in [3.8, 4) is 17.5 Å². The van der Waals surface area contributed by atoms with Crippen LogP contribution in [0.3, 0.4) is 0 Å². The van der Waals surface area contributed by atoms with Gasteiger partial charge in [-0.2, -0.15) is 19.1 Å². The number of aryl methyl sites for hydroxylation is 1. The minimum atomic E-state index is -2.92. The number of rotatable bonds is 6. The molecule has 1 N–H and O–H groups in total. The van der Waals surface area contributed by atoms with Crippen LogP contribution in [0.2, 0.25) is 0 Å². The maximum atomic E-state index is 12.6. The zero-order valence-electron chi connectivity index (χ0n) is 15.3. The van der Waals surface area contributed by atoms with Gasteiger partial charge in [0.25, 0.3) is 5.91 Å². The van der Waals surface area contributed by atoms with Gasteiger partial charge in [0.2, 0.25) is 0 Å². The van der Waals surface area contributed by atoms with Gasteiger partial charge in [-0.1, -0.05) is 30.3 Å². The highest BCUT2D eigenvalue weighted by molar-refractivity contribution is 6.09. The zero-order chi connectivity index (χ0) is 20.8. The number of anilines is 1. The smallest absolute Gasteiger partial charge is 0.387 e. The van der Waals surface area contributed by atoms with Crippen molar-refractivity contribution in [3.05, 3.63) is 77.5 Å². The fourth-order valence-electron chi connectivity index (χ4n) is 2.60. The van der Waals surface area contributed by atoms with Crippen LogP contribution in [-0.2, 0) is 4.79 Å². The molecule has 1 heterocycles. The van der Waals surface area contributed by atoms with Gasteiger partial charge in [-0.15, -0.1) is 0 Å². The van der Waals surface area contributed by atoms with Crippen LogP contribution in [0.1, 0.15) is 11.3 Å². The number of nitriles is 1. The molecule has 0 spiro atoms. The Labute approximate surface area is 165 Å².